The Kier molecular flexibility index (Phi) is 7.04. The molecule has 3 aromatic rings. The molecule has 0 aromatic heterocycles. The minimum absolute atomic E-state index is 0.374. The van der Waals surface area contributed by atoms with Gasteiger partial charge in [0.25, 0.3) is 0 Å². The molecule has 0 spiro atoms. The van der Waals surface area contributed by atoms with Crippen molar-refractivity contribution >= 4 is 57.8 Å². The molecule has 0 bridgehead atoms. The fourth-order valence-electron chi connectivity index (χ4n) is 2.51. The standard InChI is InChI=1S/C22H17Cl3NOP/c23-19-11-13-20(14-12-19)26-28(27,15-21(24)17-7-3-1-4-8-17)16-22(25)18-9-5-2-6-10-18/h1-16H,(H,26,27)/b21-15-,22-16-. The van der Waals surface area contributed by atoms with Gasteiger partial charge in [0.15, 0.2) is 0 Å². The highest BCUT2D eigenvalue weighted by atomic mass is 35.5. The fraction of sp³-hybridized carbons (Fsp3) is 0. The number of anilines is 1. The van der Waals surface area contributed by atoms with Gasteiger partial charge in [-0.2, -0.15) is 0 Å². The van der Waals surface area contributed by atoms with E-state index in [0.717, 1.165) is 11.1 Å². The van der Waals surface area contributed by atoms with E-state index in [1.165, 1.54) is 11.6 Å². The van der Waals surface area contributed by atoms with E-state index < -0.39 is 7.29 Å². The molecular formula is C22H17Cl3NOP. The van der Waals surface area contributed by atoms with E-state index in [4.69, 9.17) is 34.8 Å². The predicted octanol–water partition coefficient (Wildman–Crippen LogP) is 8.50. The zero-order chi connectivity index (χ0) is 20.0. The second-order valence-corrected chi connectivity index (χ2v) is 9.42. The summed E-state index contributed by atoms with van der Waals surface area (Å²) in [6, 6.07) is 25.6. The Labute approximate surface area is 179 Å². The lowest BCUT2D eigenvalue weighted by molar-refractivity contribution is 0.589. The molecule has 0 aliphatic rings. The molecule has 0 saturated carbocycles. The average Bonchev–Trinajstić information content (AvgIpc) is 2.71. The van der Waals surface area contributed by atoms with Gasteiger partial charge in [0.05, 0.1) is 10.1 Å². The monoisotopic (exact) mass is 447 g/mol. The van der Waals surface area contributed by atoms with Gasteiger partial charge in [-0.05, 0) is 35.4 Å². The number of nitrogens with one attached hydrogen (secondary N) is 1. The van der Waals surface area contributed by atoms with Crippen molar-refractivity contribution in [2.45, 2.75) is 0 Å². The number of benzene rings is 3. The van der Waals surface area contributed by atoms with Gasteiger partial charge in [0.1, 0.15) is 0 Å². The first kappa shape index (κ1) is 20.8. The Morgan fingerprint density at radius 2 is 1.14 bits per heavy atom. The van der Waals surface area contributed by atoms with E-state index in [1.807, 2.05) is 60.7 Å². The molecule has 3 rings (SSSR count). The van der Waals surface area contributed by atoms with Crippen LogP contribution in [0.2, 0.25) is 5.02 Å². The lowest BCUT2D eigenvalue weighted by atomic mass is 10.2. The maximum atomic E-state index is 13.8. The van der Waals surface area contributed by atoms with Crippen LogP contribution >= 0.6 is 42.1 Å². The molecular weight excluding hydrogens is 432 g/mol. The second kappa shape index (κ2) is 9.49. The SMILES string of the molecule is O=P(/C=C(\Cl)c1ccccc1)(/C=C(\Cl)c1ccccc1)Nc1ccc(Cl)cc1. The van der Waals surface area contributed by atoms with Crippen LogP contribution in [0.25, 0.3) is 10.1 Å². The highest BCUT2D eigenvalue weighted by Gasteiger charge is 2.19. The van der Waals surface area contributed by atoms with Crippen LogP contribution in [0.5, 0.6) is 0 Å². The molecule has 2 nitrogen and oxygen atoms in total. The topological polar surface area (TPSA) is 29.1 Å². The third-order valence-corrected chi connectivity index (χ3v) is 6.96. The van der Waals surface area contributed by atoms with Crippen molar-refractivity contribution in [3.05, 3.63) is 113 Å². The zero-order valence-corrected chi connectivity index (χ0v) is 17.9. The van der Waals surface area contributed by atoms with E-state index in [0.29, 0.717) is 20.8 Å². The first-order valence-corrected chi connectivity index (χ1v) is 11.4. The first-order valence-electron chi connectivity index (χ1n) is 8.46. The second-order valence-electron chi connectivity index (χ2n) is 6.01. The van der Waals surface area contributed by atoms with E-state index in [9.17, 15) is 4.57 Å². The summed E-state index contributed by atoms with van der Waals surface area (Å²) in [5.74, 6) is 3.04. The Morgan fingerprint density at radius 1 is 0.714 bits per heavy atom. The number of rotatable bonds is 6. The molecule has 28 heavy (non-hydrogen) atoms. The maximum absolute atomic E-state index is 13.8. The summed E-state index contributed by atoms with van der Waals surface area (Å²) >= 11 is 18.9. The quantitative estimate of drug-likeness (QED) is 0.383. The molecule has 1 N–H and O–H groups in total. The lowest BCUT2D eigenvalue weighted by Gasteiger charge is -2.16. The number of hydrogen-bond acceptors (Lipinski definition) is 1. The molecule has 0 saturated heterocycles. The molecule has 3 aromatic carbocycles. The molecule has 0 unspecified atom stereocenters. The van der Waals surface area contributed by atoms with Crippen molar-refractivity contribution in [3.63, 3.8) is 0 Å². The predicted molar refractivity (Wildman–Crippen MR) is 123 cm³/mol. The Balaban J connectivity index is 2.02. The van der Waals surface area contributed by atoms with Crippen LogP contribution in [0.3, 0.4) is 0 Å². The smallest absolute Gasteiger partial charge is 0.216 e. The van der Waals surface area contributed by atoms with Crippen molar-refractivity contribution < 1.29 is 4.57 Å². The summed E-state index contributed by atoms with van der Waals surface area (Å²) in [6.07, 6.45) is 0. The molecule has 0 heterocycles. The van der Waals surface area contributed by atoms with Crippen molar-refractivity contribution in [1.29, 1.82) is 0 Å². The first-order chi connectivity index (χ1) is 13.5. The molecule has 0 atom stereocenters. The highest BCUT2D eigenvalue weighted by Crippen LogP contribution is 2.53. The molecule has 0 aliphatic carbocycles. The molecule has 0 amide bonds. The van der Waals surface area contributed by atoms with Gasteiger partial charge in [-0.15, -0.1) is 0 Å². The van der Waals surface area contributed by atoms with E-state index in [-0.39, 0.29) is 0 Å². The summed E-state index contributed by atoms with van der Waals surface area (Å²) in [5.41, 5.74) is 2.19. The van der Waals surface area contributed by atoms with Crippen LogP contribution in [0.4, 0.5) is 5.69 Å². The molecule has 0 radical (unpaired) electrons. The van der Waals surface area contributed by atoms with Crippen LogP contribution in [0, 0.1) is 0 Å². The molecule has 0 fully saturated rings. The fourth-order valence-corrected chi connectivity index (χ4v) is 5.48. The van der Waals surface area contributed by atoms with E-state index in [1.54, 1.807) is 24.3 Å². The van der Waals surface area contributed by atoms with Crippen LogP contribution in [-0.4, -0.2) is 0 Å². The summed E-state index contributed by atoms with van der Waals surface area (Å²) < 4.78 is 13.8. The Morgan fingerprint density at radius 3 is 1.57 bits per heavy atom. The van der Waals surface area contributed by atoms with Crippen molar-refractivity contribution in [2.24, 2.45) is 0 Å². The van der Waals surface area contributed by atoms with E-state index in [2.05, 4.69) is 5.09 Å². The van der Waals surface area contributed by atoms with Gasteiger partial charge < -0.3 is 5.09 Å². The zero-order valence-electron chi connectivity index (χ0n) is 14.7. The molecule has 0 aliphatic heterocycles. The summed E-state index contributed by atoms with van der Waals surface area (Å²) in [5, 5.41) is 4.40. The van der Waals surface area contributed by atoms with Crippen LogP contribution in [-0.2, 0) is 4.57 Å². The Bertz CT molecular complexity index is 973. The van der Waals surface area contributed by atoms with Gasteiger partial charge in [0, 0.05) is 22.3 Å². The average molecular weight is 449 g/mol. The van der Waals surface area contributed by atoms with Gasteiger partial charge in [0.2, 0.25) is 7.29 Å². The van der Waals surface area contributed by atoms with Gasteiger partial charge in [-0.25, -0.2) is 0 Å². The summed E-state index contributed by atoms with van der Waals surface area (Å²) in [6.45, 7) is 0. The molecule has 142 valence electrons. The van der Waals surface area contributed by atoms with Gasteiger partial charge in [-0.3, -0.25) is 4.57 Å². The van der Waals surface area contributed by atoms with Crippen LogP contribution in [0.1, 0.15) is 11.1 Å². The third-order valence-electron chi connectivity index (χ3n) is 3.86. The van der Waals surface area contributed by atoms with Crippen LogP contribution in [0.15, 0.2) is 96.6 Å². The van der Waals surface area contributed by atoms with E-state index >= 15 is 0 Å². The number of halogens is 3. The summed E-state index contributed by atoms with van der Waals surface area (Å²) in [4.78, 5) is 0. The van der Waals surface area contributed by atoms with Gasteiger partial charge >= 0.3 is 0 Å². The molecule has 6 heteroatoms. The Hall–Kier alpha value is -1.96. The van der Waals surface area contributed by atoms with Crippen LogP contribution < -0.4 is 5.09 Å². The van der Waals surface area contributed by atoms with Crippen molar-refractivity contribution in [3.8, 4) is 0 Å². The van der Waals surface area contributed by atoms with Crippen molar-refractivity contribution in [1.82, 2.24) is 0 Å². The normalized spacial score (nSPS) is 12.7. The third kappa shape index (κ3) is 5.77. The summed E-state index contributed by atoms with van der Waals surface area (Å²) in [7, 11) is -3.28. The minimum Gasteiger partial charge on any atom is -0.330 e. The van der Waals surface area contributed by atoms with Gasteiger partial charge in [-0.1, -0.05) is 95.5 Å². The largest absolute Gasteiger partial charge is 0.330 e. The minimum atomic E-state index is -3.28. The highest BCUT2D eigenvalue weighted by molar-refractivity contribution is 7.72. The number of hydrogen-bond donors (Lipinski definition) is 1. The van der Waals surface area contributed by atoms with Crippen molar-refractivity contribution in [2.75, 3.05) is 5.09 Å². The maximum Gasteiger partial charge on any atom is 0.216 e. The lowest BCUT2D eigenvalue weighted by Crippen LogP contribution is -1.94.